The Balaban J connectivity index is 2.91. The predicted octanol–water partition coefficient (Wildman–Crippen LogP) is 2.63. The molecule has 0 aliphatic rings. The number of ether oxygens (including phenoxy) is 1. The molecule has 1 aromatic carbocycles. The van der Waals surface area contributed by atoms with Crippen molar-refractivity contribution in [3.63, 3.8) is 0 Å². The zero-order valence-electron chi connectivity index (χ0n) is 7.16. The van der Waals surface area contributed by atoms with Gasteiger partial charge in [0, 0.05) is 4.48 Å². The van der Waals surface area contributed by atoms with Crippen molar-refractivity contribution in [2.24, 2.45) is 0 Å². The molecule has 2 nitrogen and oxygen atoms in total. The lowest BCUT2D eigenvalue weighted by molar-refractivity contribution is -0.104. The number of rotatable bonds is 3. The maximum atomic E-state index is 10.2. The summed E-state index contributed by atoms with van der Waals surface area (Å²) in [6, 6.07) is 7.44. The molecule has 3 heteroatoms. The van der Waals surface area contributed by atoms with Gasteiger partial charge in [-0.15, -0.1) is 0 Å². The zero-order valence-corrected chi connectivity index (χ0v) is 8.74. The van der Waals surface area contributed by atoms with E-state index in [1.54, 1.807) is 7.11 Å². The lowest BCUT2D eigenvalue weighted by Crippen LogP contribution is -1.82. The van der Waals surface area contributed by atoms with Crippen LogP contribution >= 0.6 is 15.9 Å². The largest absolute Gasteiger partial charge is 0.497 e. The minimum absolute atomic E-state index is 0.744. The Hall–Kier alpha value is -1.09. The fourth-order valence-corrected chi connectivity index (χ4v) is 1.28. The number of hydrogen-bond donors (Lipinski definition) is 0. The first-order valence-electron chi connectivity index (χ1n) is 3.73. The van der Waals surface area contributed by atoms with Crippen LogP contribution in [0, 0.1) is 0 Å². The molecule has 0 amide bonds. The molecule has 68 valence electrons. The van der Waals surface area contributed by atoms with E-state index in [9.17, 15) is 4.79 Å². The van der Waals surface area contributed by atoms with Crippen molar-refractivity contribution in [3.8, 4) is 5.75 Å². The normalized spacial score (nSPS) is 11.1. The van der Waals surface area contributed by atoms with Gasteiger partial charge in [-0.3, -0.25) is 4.79 Å². The molecule has 0 N–H and O–H groups in total. The molecule has 1 rings (SSSR count). The summed E-state index contributed by atoms with van der Waals surface area (Å²) in [5.41, 5.74) is 0.952. The van der Waals surface area contributed by atoms with Gasteiger partial charge in [0.2, 0.25) is 0 Å². The van der Waals surface area contributed by atoms with E-state index in [0.717, 1.165) is 22.1 Å². The fourth-order valence-electron chi connectivity index (χ4n) is 0.906. The highest BCUT2D eigenvalue weighted by molar-refractivity contribution is 9.15. The summed E-state index contributed by atoms with van der Waals surface area (Å²) in [5.74, 6) is 0.801. The molecule has 0 atom stereocenters. The van der Waals surface area contributed by atoms with Gasteiger partial charge >= 0.3 is 0 Å². The Morgan fingerprint density at radius 1 is 1.38 bits per heavy atom. The maximum Gasteiger partial charge on any atom is 0.143 e. The van der Waals surface area contributed by atoms with Gasteiger partial charge in [-0.2, -0.15) is 0 Å². The van der Waals surface area contributed by atoms with Gasteiger partial charge in [-0.25, -0.2) is 0 Å². The Morgan fingerprint density at radius 2 is 2.00 bits per heavy atom. The average Bonchev–Trinajstić information content (AvgIpc) is 2.18. The summed E-state index contributed by atoms with van der Waals surface area (Å²) in [7, 11) is 1.62. The number of allylic oxidation sites excluding steroid dienone is 1. The van der Waals surface area contributed by atoms with Crippen molar-refractivity contribution in [1.82, 2.24) is 0 Å². The number of benzene rings is 1. The highest BCUT2D eigenvalue weighted by Crippen LogP contribution is 2.22. The zero-order chi connectivity index (χ0) is 9.68. The summed E-state index contributed by atoms with van der Waals surface area (Å²) >= 11 is 3.28. The van der Waals surface area contributed by atoms with E-state index in [1.165, 1.54) is 6.08 Å². The smallest absolute Gasteiger partial charge is 0.143 e. The summed E-state index contributed by atoms with van der Waals surface area (Å²) in [6.07, 6.45) is 2.20. The van der Waals surface area contributed by atoms with Crippen LogP contribution in [0.1, 0.15) is 5.56 Å². The molecule has 0 heterocycles. The molecule has 0 aliphatic carbocycles. The van der Waals surface area contributed by atoms with Crippen molar-refractivity contribution in [3.05, 3.63) is 35.9 Å². The van der Waals surface area contributed by atoms with Crippen molar-refractivity contribution in [2.75, 3.05) is 7.11 Å². The van der Waals surface area contributed by atoms with Crippen molar-refractivity contribution in [1.29, 1.82) is 0 Å². The molecule has 1 aromatic rings. The van der Waals surface area contributed by atoms with Crippen molar-refractivity contribution in [2.45, 2.75) is 0 Å². The van der Waals surface area contributed by atoms with E-state index in [1.807, 2.05) is 24.3 Å². The van der Waals surface area contributed by atoms with Gasteiger partial charge < -0.3 is 4.74 Å². The van der Waals surface area contributed by atoms with Gasteiger partial charge in [0.15, 0.2) is 0 Å². The summed E-state index contributed by atoms with van der Waals surface area (Å²) in [6.45, 7) is 0. The lowest BCUT2D eigenvalue weighted by Gasteiger charge is -2.01. The molecule has 0 saturated heterocycles. The van der Waals surface area contributed by atoms with E-state index in [2.05, 4.69) is 15.9 Å². The van der Waals surface area contributed by atoms with Crippen LogP contribution in [0.3, 0.4) is 0 Å². The molecule has 0 fully saturated rings. The fraction of sp³-hybridized carbons (Fsp3) is 0.100. The molecule has 0 radical (unpaired) electrons. The monoisotopic (exact) mass is 240 g/mol. The second-order valence-corrected chi connectivity index (χ2v) is 3.23. The topological polar surface area (TPSA) is 26.3 Å². The van der Waals surface area contributed by atoms with E-state index in [4.69, 9.17) is 4.74 Å². The molecular weight excluding hydrogens is 232 g/mol. The van der Waals surface area contributed by atoms with E-state index < -0.39 is 0 Å². The van der Waals surface area contributed by atoms with Gasteiger partial charge in [-0.1, -0.05) is 28.1 Å². The van der Waals surface area contributed by atoms with Crippen molar-refractivity contribution >= 4 is 26.7 Å². The summed E-state index contributed by atoms with van der Waals surface area (Å²) < 4.78 is 5.77. The molecule has 0 aromatic heterocycles. The maximum absolute atomic E-state index is 10.2. The third kappa shape index (κ3) is 2.70. The van der Waals surface area contributed by atoms with E-state index in [-0.39, 0.29) is 0 Å². The minimum Gasteiger partial charge on any atom is -0.497 e. The standard InChI is InChI=1S/C10H9BrO2/c1-13-9-4-2-8(3-5-9)10(11)6-7-12/h2-7H,1H3. The average molecular weight is 241 g/mol. The quantitative estimate of drug-likeness (QED) is 0.600. The predicted molar refractivity (Wildman–Crippen MR) is 56.0 cm³/mol. The van der Waals surface area contributed by atoms with Crippen LogP contribution in [0.5, 0.6) is 5.75 Å². The SMILES string of the molecule is COc1ccc(C(Br)=CC=O)cc1. The number of carbonyl (C=O) groups excluding carboxylic acids is 1. The van der Waals surface area contributed by atoms with E-state index in [0.29, 0.717) is 0 Å². The van der Waals surface area contributed by atoms with Crippen LogP contribution in [0.25, 0.3) is 4.48 Å². The highest BCUT2D eigenvalue weighted by atomic mass is 79.9. The van der Waals surface area contributed by atoms with Gasteiger partial charge in [0.1, 0.15) is 12.0 Å². The van der Waals surface area contributed by atoms with Gasteiger partial charge in [0.25, 0.3) is 0 Å². The Morgan fingerprint density at radius 3 is 2.46 bits per heavy atom. The number of methoxy groups -OCH3 is 1. The number of halogens is 1. The molecule has 0 spiro atoms. The second-order valence-electron chi connectivity index (χ2n) is 2.38. The first-order valence-corrected chi connectivity index (χ1v) is 4.52. The number of hydrogen-bond acceptors (Lipinski definition) is 2. The van der Waals surface area contributed by atoms with Crippen LogP contribution in [0.4, 0.5) is 0 Å². The number of aldehydes is 1. The summed E-state index contributed by atoms with van der Waals surface area (Å²) in [4.78, 5) is 10.2. The molecule has 0 aliphatic heterocycles. The third-order valence-electron chi connectivity index (χ3n) is 1.58. The Kier molecular flexibility index (Phi) is 3.71. The first kappa shape index (κ1) is 9.99. The van der Waals surface area contributed by atoms with Crippen LogP contribution in [-0.2, 0) is 4.79 Å². The minimum atomic E-state index is 0.744. The van der Waals surface area contributed by atoms with Crippen LogP contribution in [0.15, 0.2) is 30.3 Å². The van der Waals surface area contributed by atoms with Gasteiger partial charge in [-0.05, 0) is 23.8 Å². The summed E-state index contributed by atoms with van der Waals surface area (Å²) in [5, 5.41) is 0. The Labute approximate surface area is 85.3 Å². The van der Waals surface area contributed by atoms with Gasteiger partial charge in [0.05, 0.1) is 7.11 Å². The molecule has 13 heavy (non-hydrogen) atoms. The van der Waals surface area contributed by atoms with Crippen LogP contribution in [-0.4, -0.2) is 13.4 Å². The number of carbonyl (C=O) groups is 1. The first-order chi connectivity index (χ1) is 6.27. The van der Waals surface area contributed by atoms with Crippen molar-refractivity contribution < 1.29 is 9.53 Å². The molecule has 0 saturated carbocycles. The highest BCUT2D eigenvalue weighted by Gasteiger charge is 1.96. The third-order valence-corrected chi connectivity index (χ3v) is 2.30. The van der Waals surface area contributed by atoms with Crippen LogP contribution in [0.2, 0.25) is 0 Å². The molecule has 0 bridgehead atoms. The molecule has 0 unspecified atom stereocenters. The Bertz CT molecular complexity index is 314. The van der Waals surface area contributed by atoms with Crippen LogP contribution < -0.4 is 4.74 Å². The van der Waals surface area contributed by atoms with E-state index >= 15 is 0 Å². The lowest BCUT2D eigenvalue weighted by atomic mass is 10.2. The second kappa shape index (κ2) is 4.82. The molecular formula is C10H9BrO2.